The van der Waals surface area contributed by atoms with Crippen molar-refractivity contribution in [3.05, 3.63) is 11.8 Å². The van der Waals surface area contributed by atoms with Gasteiger partial charge in [-0.25, -0.2) is 0 Å². The Morgan fingerprint density at radius 1 is 1.27 bits per heavy atom. The lowest BCUT2D eigenvalue weighted by Gasteiger charge is -2.62. The highest BCUT2D eigenvalue weighted by Crippen LogP contribution is 2.65. The monoisotopic (exact) mass is 301 g/mol. The van der Waals surface area contributed by atoms with Crippen molar-refractivity contribution in [1.82, 2.24) is 10.2 Å². The zero-order valence-electron chi connectivity index (χ0n) is 13.4. The molecule has 4 fully saturated rings. The van der Waals surface area contributed by atoms with Crippen LogP contribution in [0, 0.1) is 29.1 Å². The summed E-state index contributed by atoms with van der Waals surface area (Å²) in [7, 11) is 0. The molecular weight excluding hydrogens is 274 g/mol. The third-order valence-electron chi connectivity index (χ3n) is 8.18. The van der Waals surface area contributed by atoms with E-state index in [1.54, 1.807) is 0 Å². The van der Waals surface area contributed by atoms with E-state index in [1.807, 2.05) is 4.90 Å². The molecule has 7 unspecified atom stereocenters. The second-order valence-corrected chi connectivity index (χ2v) is 8.60. The summed E-state index contributed by atoms with van der Waals surface area (Å²) in [5.74, 6) is 3.06. The van der Waals surface area contributed by atoms with Crippen molar-refractivity contribution in [1.29, 1.82) is 0 Å². The molecule has 3 aliphatic carbocycles. The zero-order chi connectivity index (χ0) is 15.1. The van der Waals surface area contributed by atoms with Gasteiger partial charge in [0.25, 0.3) is 0 Å². The standard InChI is InChI=1S/C18H27N3O/c1-17-8-9-21(10-22)15(17)5-2-11-12(17)6-7-18-13(11)3-4-14(18)16(19)20-18/h5,10-14,16,20H,2-4,6-9,19H2,1H3. The second-order valence-electron chi connectivity index (χ2n) is 8.60. The van der Waals surface area contributed by atoms with E-state index >= 15 is 0 Å². The van der Waals surface area contributed by atoms with Gasteiger partial charge in [-0.3, -0.25) is 10.1 Å². The Bertz CT molecular complexity index is 561. The molecule has 22 heavy (non-hydrogen) atoms. The molecule has 4 heteroatoms. The SMILES string of the molecule is CC12CCN(C=O)C1=CCC1C2CCC23NC(N)C2CCC13. The minimum atomic E-state index is 0.232. The molecule has 2 heterocycles. The third-order valence-corrected chi connectivity index (χ3v) is 8.18. The van der Waals surface area contributed by atoms with Crippen molar-refractivity contribution in [2.45, 2.75) is 57.2 Å². The van der Waals surface area contributed by atoms with Crippen LogP contribution in [-0.4, -0.2) is 29.6 Å². The van der Waals surface area contributed by atoms with E-state index in [1.165, 1.54) is 31.4 Å². The number of amides is 1. The number of nitrogens with zero attached hydrogens (tertiary/aromatic N) is 1. The number of nitrogens with two attached hydrogens (primary N) is 1. The van der Waals surface area contributed by atoms with Crippen LogP contribution in [0.25, 0.3) is 0 Å². The van der Waals surface area contributed by atoms with Gasteiger partial charge in [0.1, 0.15) is 0 Å². The molecule has 120 valence electrons. The van der Waals surface area contributed by atoms with E-state index < -0.39 is 0 Å². The van der Waals surface area contributed by atoms with E-state index in [0.717, 1.165) is 43.6 Å². The quantitative estimate of drug-likeness (QED) is 0.726. The largest absolute Gasteiger partial charge is 0.318 e. The predicted molar refractivity (Wildman–Crippen MR) is 84.5 cm³/mol. The summed E-state index contributed by atoms with van der Waals surface area (Å²) in [4.78, 5) is 13.3. The van der Waals surface area contributed by atoms with Gasteiger partial charge in [0.05, 0.1) is 6.17 Å². The van der Waals surface area contributed by atoms with E-state index in [-0.39, 0.29) is 11.6 Å². The van der Waals surface area contributed by atoms with Gasteiger partial charge in [0.15, 0.2) is 0 Å². The van der Waals surface area contributed by atoms with Crippen molar-refractivity contribution in [2.75, 3.05) is 6.54 Å². The Labute approximate surface area is 132 Å². The van der Waals surface area contributed by atoms with Crippen LogP contribution in [0.5, 0.6) is 0 Å². The van der Waals surface area contributed by atoms with Gasteiger partial charge < -0.3 is 10.6 Å². The number of carbonyl (C=O) groups is 1. The van der Waals surface area contributed by atoms with Crippen LogP contribution < -0.4 is 11.1 Å². The average Bonchev–Trinajstić information content (AvgIpc) is 3.00. The molecule has 2 aliphatic heterocycles. The molecule has 1 spiro atoms. The van der Waals surface area contributed by atoms with Gasteiger partial charge in [-0.2, -0.15) is 0 Å². The Balaban J connectivity index is 1.50. The smallest absolute Gasteiger partial charge is 0.213 e. The van der Waals surface area contributed by atoms with Gasteiger partial charge in [0, 0.05) is 29.1 Å². The number of nitrogens with one attached hydrogen (secondary N) is 1. The fraction of sp³-hybridized carbons (Fsp3) is 0.833. The number of rotatable bonds is 1. The summed E-state index contributed by atoms with van der Waals surface area (Å²) in [6, 6.07) is 0. The minimum absolute atomic E-state index is 0.232. The van der Waals surface area contributed by atoms with Crippen LogP contribution in [0.2, 0.25) is 0 Å². The maximum atomic E-state index is 11.3. The summed E-state index contributed by atoms with van der Waals surface area (Å²) < 4.78 is 0. The van der Waals surface area contributed by atoms with Gasteiger partial charge in [-0.1, -0.05) is 13.0 Å². The van der Waals surface area contributed by atoms with Crippen LogP contribution in [-0.2, 0) is 4.79 Å². The van der Waals surface area contributed by atoms with Crippen molar-refractivity contribution in [3.8, 4) is 0 Å². The molecular formula is C18H27N3O. The zero-order valence-corrected chi connectivity index (χ0v) is 13.4. The van der Waals surface area contributed by atoms with Crippen LogP contribution in [0.1, 0.15) is 45.4 Å². The lowest BCUT2D eigenvalue weighted by Crippen LogP contribution is -2.76. The molecule has 0 radical (unpaired) electrons. The molecule has 5 rings (SSSR count). The van der Waals surface area contributed by atoms with Gasteiger partial charge >= 0.3 is 0 Å². The van der Waals surface area contributed by atoms with Crippen molar-refractivity contribution >= 4 is 6.41 Å². The normalized spacial score (nSPS) is 55.5. The highest BCUT2D eigenvalue weighted by molar-refractivity contribution is 5.54. The maximum absolute atomic E-state index is 11.3. The third kappa shape index (κ3) is 1.35. The summed E-state index contributed by atoms with van der Waals surface area (Å²) in [6.45, 7) is 3.33. The van der Waals surface area contributed by atoms with Crippen molar-refractivity contribution in [3.63, 3.8) is 0 Å². The van der Waals surface area contributed by atoms with Crippen molar-refractivity contribution < 1.29 is 4.79 Å². The number of carbonyl (C=O) groups excluding carboxylic acids is 1. The van der Waals surface area contributed by atoms with E-state index in [9.17, 15) is 4.79 Å². The Morgan fingerprint density at radius 3 is 2.86 bits per heavy atom. The number of allylic oxidation sites excluding steroid dienone is 2. The lowest BCUT2D eigenvalue weighted by atomic mass is 9.50. The summed E-state index contributed by atoms with van der Waals surface area (Å²) in [5, 5.41) is 3.74. The fourth-order valence-corrected chi connectivity index (χ4v) is 7.24. The summed E-state index contributed by atoms with van der Waals surface area (Å²) in [5.41, 5.74) is 8.14. The lowest BCUT2D eigenvalue weighted by molar-refractivity contribution is -0.116. The first-order valence-corrected chi connectivity index (χ1v) is 9.06. The first-order chi connectivity index (χ1) is 10.6. The highest BCUT2D eigenvalue weighted by Gasteiger charge is 2.66. The molecule has 2 saturated heterocycles. The first-order valence-electron chi connectivity index (χ1n) is 9.06. The van der Waals surface area contributed by atoms with Crippen LogP contribution in [0.4, 0.5) is 0 Å². The van der Waals surface area contributed by atoms with Crippen molar-refractivity contribution in [2.24, 2.45) is 34.8 Å². The molecule has 3 N–H and O–H groups in total. The molecule has 2 saturated carbocycles. The molecule has 5 aliphatic rings. The van der Waals surface area contributed by atoms with Gasteiger partial charge in [-0.15, -0.1) is 0 Å². The minimum Gasteiger partial charge on any atom is -0.318 e. The highest BCUT2D eigenvalue weighted by atomic mass is 16.1. The molecule has 4 nitrogen and oxygen atoms in total. The second kappa shape index (κ2) is 4.15. The molecule has 1 amide bonds. The van der Waals surface area contributed by atoms with E-state index in [2.05, 4.69) is 18.3 Å². The predicted octanol–water partition coefficient (Wildman–Crippen LogP) is 1.82. The fourth-order valence-electron chi connectivity index (χ4n) is 7.24. The maximum Gasteiger partial charge on any atom is 0.213 e. The topological polar surface area (TPSA) is 58.4 Å². The average molecular weight is 301 g/mol. The Morgan fingerprint density at radius 2 is 2.09 bits per heavy atom. The van der Waals surface area contributed by atoms with Crippen LogP contribution in [0.15, 0.2) is 11.8 Å². The number of hydrogen-bond acceptors (Lipinski definition) is 3. The van der Waals surface area contributed by atoms with Gasteiger partial charge in [0.2, 0.25) is 6.41 Å². The molecule has 0 aromatic heterocycles. The molecule has 7 atom stereocenters. The first kappa shape index (κ1) is 13.6. The molecule has 0 aromatic carbocycles. The molecule has 0 aromatic rings. The Hall–Kier alpha value is -0.870. The van der Waals surface area contributed by atoms with Crippen LogP contribution >= 0.6 is 0 Å². The number of fused-ring (bicyclic) bond motifs is 4. The van der Waals surface area contributed by atoms with E-state index in [0.29, 0.717) is 11.5 Å². The van der Waals surface area contributed by atoms with Gasteiger partial charge in [-0.05, 0) is 56.3 Å². The molecule has 0 bridgehead atoms. The summed E-state index contributed by atoms with van der Waals surface area (Å²) in [6.07, 6.45) is 11.2. The number of likely N-dealkylation sites (tertiary alicyclic amines) is 1. The Kier molecular flexibility index (Phi) is 2.56. The summed E-state index contributed by atoms with van der Waals surface area (Å²) >= 11 is 0. The van der Waals surface area contributed by atoms with E-state index in [4.69, 9.17) is 5.73 Å². The van der Waals surface area contributed by atoms with Crippen LogP contribution in [0.3, 0.4) is 0 Å². The number of hydrogen-bond donors (Lipinski definition) is 2.